The molecular weight excluding hydrogens is 308 g/mol. The molecule has 0 amide bonds. The van der Waals surface area contributed by atoms with Crippen LogP contribution in [0.5, 0.6) is 0 Å². The van der Waals surface area contributed by atoms with Gasteiger partial charge < -0.3 is 5.11 Å². The van der Waals surface area contributed by atoms with Gasteiger partial charge in [0.1, 0.15) is 5.69 Å². The van der Waals surface area contributed by atoms with Gasteiger partial charge in [0.05, 0.1) is 22.1 Å². The van der Waals surface area contributed by atoms with Crippen LogP contribution in [0.4, 0.5) is 0 Å². The van der Waals surface area contributed by atoms with Crippen LogP contribution in [-0.2, 0) is 6.54 Å². The molecule has 3 aromatic rings. The van der Waals surface area contributed by atoms with Crippen molar-refractivity contribution in [1.82, 2.24) is 20.0 Å². The molecular formula is C13H12N4O2S2. The summed E-state index contributed by atoms with van der Waals surface area (Å²) in [6, 6.07) is 3.94. The number of carbonyl (C=O) groups is 1. The highest BCUT2D eigenvalue weighted by atomic mass is 32.1. The highest BCUT2D eigenvalue weighted by Crippen LogP contribution is 2.32. The minimum Gasteiger partial charge on any atom is -0.476 e. The average molecular weight is 320 g/mol. The first-order chi connectivity index (χ1) is 10.1. The van der Waals surface area contributed by atoms with Gasteiger partial charge in [0.2, 0.25) is 0 Å². The van der Waals surface area contributed by atoms with Crippen molar-refractivity contribution in [2.45, 2.75) is 20.4 Å². The Hall–Kier alpha value is -2.06. The van der Waals surface area contributed by atoms with E-state index in [9.17, 15) is 9.90 Å². The van der Waals surface area contributed by atoms with Crippen LogP contribution in [-0.4, -0.2) is 31.1 Å². The lowest BCUT2D eigenvalue weighted by Gasteiger charge is -2.04. The molecule has 0 aliphatic rings. The predicted octanol–water partition coefficient (Wildman–Crippen LogP) is 2.83. The molecule has 3 rings (SSSR count). The van der Waals surface area contributed by atoms with E-state index < -0.39 is 5.97 Å². The Bertz CT molecular complexity index is 789. The topological polar surface area (TPSA) is 80.9 Å². The maximum Gasteiger partial charge on any atom is 0.358 e. The minimum absolute atomic E-state index is 0.0293. The molecule has 0 aliphatic heterocycles. The Morgan fingerprint density at radius 2 is 2.24 bits per heavy atom. The Morgan fingerprint density at radius 1 is 1.43 bits per heavy atom. The summed E-state index contributed by atoms with van der Waals surface area (Å²) in [6.45, 7) is 4.27. The number of rotatable bonds is 4. The molecule has 0 fully saturated rings. The van der Waals surface area contributed by atoms with Crippen molar-refractivity contribution in [1.29, 1.82) is 0 Å². The fourth-order valence-electron chi connectivity index (χ4n) is 2.09. The van der Waals surface area contributed by atoms with E-state index in [0.717, 1.165) is 20.5 Å². The van der Waals surface area contributed by atoms with Crippen molar-refractivity contribution in [3.05, 3.63) is 38.8 Å². The van der Waals surface area contributed by atoms with Gasteiger partial charge in [-0.15, -0.1) is 27.8 Å². The van der Waals surface area contributed by atoms with Crippen molar-refractivity contribution in [3.63, 3.8) is 0 Å². The van der Waals surface area contributed by atoms with Gasteiger partial charge in [-0.3, -0.25) is 0 Å². The molecule has 0 bridgehead atoms. The third-order valence-corrected chi connectivity index (χ3v) is 4.88. The monoisotopic (exact) mass is 320 g/mol. The van der Waals surface area contributed by atoms with Crippen LogP contribution in [0.15, 0.2) is 17.5 Å². The van der Waals surface area contributed by atoms with Gasteiger partial charge in [0.15, 0.2) is 5.69 Å². The summed E-state index contributed by atoms with van der Waals surface area (Å²) in [7, 11) is 0. The summed E-state index contributed by atoms with van der Waals surface area (Å²) in [4.78, 5) is 17.7. The van der Waals surface area contributed by atoms with Crippen molar-refractivity contribution in [3.8, 4) is 10.6 Å². The van der Waals surface area contributed by atoms with Crippen molar-refractivity contribution < 1.29 is 9.90 Å². The fourth-order valence-corrected chi connectivity index (χ4v) is 3.75. The zero-order valence-corrected chi connectivity index (χ0v) is 13.0. The summed E-state index contributed by atoms with van der Waals surface area (Å²) >= 11 is 3.06. The van der Waals surface area contributed by atoms with E-state index in [4.69, 9.17) is 0 Å². The number of hydrogen-bond donors (Lipinski definition) is 1. The Balaban J connectivity index is 2.13. The number of thiazole rings is 1. The van der Waals surface area contributed by atoms with Gasteiger partial charge in [-0.05, 0) is 25.3 Å². The van der Waals surface area contributed by atoms with E-state index in [-0.39, 0.29) is 5.69 Å². The maximum absolute atomic E-state index is 11.4. The summed E-state index contributed by atoms with van der Waals surface area (Å²) in [5.74, 6) is -1.08. The molecule has 0 unspecified atom stereocenters. The molecule has 0 aliphatic carbocycles. The van der Waals surface area contributed by atoms with Gasteiger partial charge in [-0.2, -0.15) is 0 Å². The van der Waals surface area contributed by atoms with Crippen LogP contribution in [0.3, 0.4) is 0 Å². The number of carboxylic acids is 1. The van der Waals surface area contributed by atoms with E-state index in [1.807, 2.05) is 31.4 Å². The van der Waals surface area contributed by atoms with Crippen LogP contribution in [0.1, 0.15) is 26.1 Å². The molecule has 0 saturated heterocycles. The van der Waals surface area contributed by atoms with Crippen molar-refractivity contribution >= 4 is 28.6 Å². The number of hydrogen-bond acceptors (Lipinski definition) is 6. The van der Waals surface area contributed by atoms with Gasteiger partial charge in [0.25, 0.3) is 0 Å². The van der Waals surface area contributed by atoms with Crippen LogP contribution < -0.4 is 0 Å². The number of carboxylic acid groups (broad SMARTS) is 1. The molecule has 0 radical (unpaired) electrons. The molecule has 6 nitrogen and oxygen atoms in total. The first-order valence-corrected chi connectivity index (χ1v) is 7.89. The summed E-state index contributed by atoms with van der Waals surface area (Å²) in [5, 5.41) is 20.0. The minimum atomic E-state index is -1.08. The zero-order chi connectivity index (χ0) is 15.0. The SMILES string of the molecule is Cc1nc(C)c(-c2c(C(=O)O)nnn2Cc2cccs2)s1. The lowest BCUT2D eigenvalue weighted by Crippen LogP contribution is -2.05. The lowest BCUT2D eigenvalue weighted by atomic mass is 10.2. The van der Waals surface area contributed by atoms with Crippen LogP contribution in [0.2, 0.25) is 0 Å². The molecule has 21 heavy (non-hydrogen) atoms. The lowest BCUT2D eigenvalue weighted by molar-refractivity contribution is 0.0691. The third kappa shape index (κ3) is 2.59. The van der Waals surface area contributed by atoms with E-state index in [2.05, 4.69) is 15.3 Å². The second-order valence-electron chi connectivity index (χ2n) is 4.48. The molecule has 1 N–H and O–H groups in total. The average Bonchev–Trinajstić information content (AvgIpc) is 3.11. The van der Waals surface area contributed by atoms with Gasteiger partial charge in [-0.1, -0.05) is 11.3 Å². The molecule has 0 aromatic carbocycles. The highest BCUT2D eigenvalue weighted by Gasteiger charge is 2.24. The number of aromatic carboxylic acids is 1. The predicted molar refractivity (Wildman–Crippen MR) is 81.0 cm³/mol. The van der Waals surface area contributed by atoms with E-state index in [0.29, 0.717) is 12.2 Å². The Labute approximate surface area is 128 Å². The number of nitrogens with zero attached hydrogens (tertiary/aromatic N) is 4. The highest BCUT2D eigenvalue weighted by molar-refractivity contribution is 7.15. The number of aromatic nitrogens is 4. The van der Waals surface area contributed by atoms with Crippen molar-refractivity contribution in [2.75, 3.05) is 0 Å². The molecule has 3 heterocycles. The quantitative estimate of drug-likeness (QED) is 0.799. The largest absolute Gasteiger partial charge is 0.476 e. The first kappa shape index (κ1) is 13.9. The molecule has 8 heteroatoms. The van der Waals surface area contributed by atoms with Gasteiger partial charge in [0, 0.05) is 4.88 Å². The summed E-state index contributed by atoms with van der Waals surface area (Å²) < 4.78 is 1.63. The number of thiophene rings is 1. The van der Waals surface area contributed by atoms with Gasteiger partial charge >= 0.3 is 5.97 Å². The van der Waals surface area contributed by atoms with E-state index in [1.165, 1.54) is 11.3 Å². The Kier molecular flexibility index (Phi) is 3.56. The van der Waals surface area contributed by atoms with E-state index in [1.54, 1.807) is 16.0 Å². The smallest absolute Gasteiger partial charge is 0.358 e. The van der Waals surface area contributed by atoms with Crippen molar-refractivity contribution in [2.24, 2.45) is 0 Å². The Morgan fingerprint density at radius 3 is 2.81 bits per heavy atom. The molecule has 108 valence electrons. The summed E-state index contributed by atoms with van der Waals surface area (Å²) in [6.07, 6.45) is 0. The van der Waals surface area contributed by atoms with Crippen LogP contribution >= 0.6 is 22.7 Å². The second-order valence-corrected chi connectivity index (χ2v) is 6.71. The summed E-state index contributed by atoms with van der Waals surface area (Å²) in [5.41, 5.74) is 1.30. The van der Waals surface area contributed by atoms with Crippen LogP contribution in [0.25, 0.3) is 10.6 Å². The normalized spacial score (nSPS) is 11.0. The molecule has 3 aromatic heterocycles. The standard InChI is InChI=1S/C13H12N4O2S2/c1-7-12(21-8(2)14-7)11-10(13(18)19)15-16-17(11)6-9-4-3-5-20-9/h3-5H,6H2,1-2H3,(H,18,19). The molecule has 0 atom stereocenters. The van der Waals surface area contributed by atoms with Crippen LogP contribution in [0, 0.1) is 13.8 Å². The van der Waals surface area contributed by atoms with E-state index >= 15 is 0 Å². The fraction of sp³-hybridized carbons (Fsp3) is 0.231. The first-order valence-electron chi connectivity index (χ1n) is 6.20. The van der Waals surface area contributed by atoms with Gasteiger partial charge in [-0.25, -0.2) is 14.5 Å². The third-order valence-electron chi connectivity index (χ3n) is 2.94. The molecule has 0 saturated carbocycles. The second kappa shape index (κ2) is 5.38. The zero-order valence-electron chi connectivity index (χ0n) is 11.4. The maximum atomic E-state index is 11.4. The molecule has 0 spiro atoms. The number of aryl methyl sites for hydroxylation is 2.